The van der Waals surface area contributed by atoms with Crippen molar-refractivity contribution in [1.82, 2.24) is 4.57 Å². The van der Waals surface area contributed by atoms with Gasteiger partial charge in [0.15, 0.2) is 0 Å². The lowest BCUT2D eigenvalue weighted by molar-refractivity contribution is -0.384. The number of ether oxygens (including phenoxy) is 1. The predicted molar refractivity (Wildman–Crippen MR) is 132 cm³/mol. The number of nitro benzene ring substituents is 1. The lowest BCUT2D eigenvalue weighted by Gasteiger charge is -2.10. The molecule has 3 N–H and O–H groups in total. The Bertz CT molecular complexity index is 1380. The minimum Gasteiger partial charge on any atom is -0.489 e. The molecular weight excluding hydrogens is 502 g/mol. The first kappa shape index (κ1) is 23.5. The summed E-state index contributed by atoms with van der Waals surface area (Å²) in [4.78, 5) is 22.3. The van der Waals surface area contributed by atoms with Crippen LogP contribution in [0, 0.1) is 10.1 Å². The van der Waals surface area contributed by atoms with Crippen LogP contribution in [0.5, 0.6) is 5.75 Å². The topological polar surface area (TPSA) is 121 Å². The Kier molecular flexibility index (Phi) is 6.95. The molecule has 0 amide bonds. The molecule has 0 aliphatic rings. The number of fused-ring (bicyclic) bond motifs is 1. The summed E-state index contributed by atoms with van der Waals surface area (Å²) in [5.41, 5.74) is 9.45. The number of non-ortho nitro benzene ring substituents is 1. The van der Waals surface area contributed by atoms with Gasteiger partial charge in [-0.15, -0.1) is 0 Å². The summed E-state index contributed by atoms with van der Waals surface area (Å²) in [7, 11) is 0. The number of benzene rings is 3. The minimum atomic E-state index is -0.980. The van der Waals surface area contributed by atoms with Crippen molar-refractivity contribution in [2.75, 3.05) is 6.54 Å². The molecule has 174 valence electrons. The number of halogens is 1. The number of nitro groups is 1. The molecule has 0 radical (unpaired) electrons. The van der Waals surface area contributed by atoms with Gasteiger partial charge >= 0.3 is 5.97 Å². The van der Waals surface area contributed by atoms with Crippen molar-refractivity contribution in [3.05, 3.63) is 104 Å². The Morgan fingerprint density at radius 1 is 1.12 bits per heavy atom. The number of hydrogen-bond acceptors (Lipinski definition) is 5. The highest BCUT2D eigenvalue weighted by molar-refractivity contribution is 9.10. The number of aromatic carboxylic acids is 1. The summed E-state index contributed by atoms with van der Waals surface area (Å²) in [5.74, 6) is -0.350. The van der Waals surface area contributed by atoms with Gasteiger partial charge in [0.25, 0.3) is 5.69 Å². The zero-order valence-corrected chi connectivity index (χ0v) is 19.7. The van der Waals surface area contributed by atoms with Crippen molar-refractivity contribution in [2.45, 2.75) is 19.6 Å². The number of carboxylic acid groups (broad SMARTS) is 1. The van der Waals surface area contributed by atoms with Gasteiger partial charge in [0.2, 0.25) is 0 Å². The van der Waals surface area contributed by atoms with Gasteiger partial charge < -0.3 is 20.1 Å². The van der Waals surface area contributed by atoms with E-state index in [4.69, 9.17) is 10.5 Å². The van der Waals surface area contributed by atoms with Crippen LogP contribution >= 0.6 is 15.9 Å². The number of rotatable bonds is 9. The lowest BCUT2D eigenvalue weighted by Crippen LogP contribution is -2.07. The number of nitrogens with zero attached hydrogens (tertiary/aromatic N) is 2. The summed E-state index contributed by atoms with van der Waals surface area (Å²) < 4.78 is 8.64. The average Bonchev–Trinajstić information content (AvgIpc) is 3.15. The predicted octanol–water partition coefficient (Wildman–Crippen LogP) is 5.14. The molecule has 4 rings (SSSR count). The third kappa shape index (κ3) is 5.11. The lowest BCUT2D eigenvalue weighted by atomic mass is 10.1. The maximum absolute atomic E-state index is 11.7. The first-order valence-electron chi connectivity index (χ1n) is 10.6. The maximum Gasteiger partial charge on any atom is 0.336 e. The molecule has 8 nitrogen and oxygen atoms in total. The zero-order chi connectivity index (χ0) is 24.2. The van der Waals surface area contributed by atoms with Gasteiger partial charge in [-0.1, -0.05) is 34.1 Å². The van der Waals surface area contributed by atoms with E-state index in [2.05, 4.69) is 15.9 Å². The number of nitrogens with two attached hydrogens (primary N) is 1. The highest BCUT2D eigenvalue weighted by atomic mass is 79.9. The summed E-state index contributed by atoms with van der Waals surface area (Å²) in [6.45, 7) is 1.06. The number of hydrogen-bond donors (Lipinski definition) is 2. The highest BCUT2D eigenvalue weighted by Gasteiger charge is 2.15. The van der Waals surface area contributed by atoms with Crippen LogP contribution in [0.2, 0.25) is 0 Å². The first-order chi connectivity index (χ1) is 16.4. The quantitative estimate of drug-likeness (QED) is 0.231. The number of carboxylic acids is 1. The van der Waals surface area contributed by atoms with Crippen molar-refractivity contribution < 1.29 is 19.6 Å². The van der Waals surface area contributed by atoms with Gasteiger partial charge in [-0.3, -0.25) is 10.1 Å². The summed E-state index contributed by atoms with van der Waals surface area (Å²) in [6.07, 6.45) is 2.65. The molecule has 0 saturated heterocycles. The summed E-state index contributed by atoms with van der Waals surface area (Å²) in [5, 5.41) is 21.6. The van der Waals surface area contributed by atoms with E-state index in [-0.39, 0.29) is 17.9 Å². The third-order valence-corrected chi connectivity index (χ3v) is 6.01. The Morgan fingerprint density at radius 3 is 2.68 bits per heavy atom. The van der Waals surface area contributed by atoms with Crippen molar-refractivity contribution >= 4 is 38.5 Å². The molecule has 0 atom stereocenters. The molecule has 0 aliphatic carbocycles. The summed E-state index contributed by atoms with van der Waals surface area (Å²) >= 11 is 3.33. The van der Waals surface area contributed by atoms with Gasteiger partial charge in [0, 0.05) is 40.2 Å². The average molecular weight is 524 g/mol. The van der Waals surface area contributed by atoms with E-state index in [9.17, 15) is 20.0 Å². The van der Waals surface area contributed by atoms with Gasteiger partial charge in [0.05, 0.1) is 10.5 Å². The summed E-state index contributed by atoms with van der Waals surface area (Å²) in [6, 6.07) is 17.3. The molecule has 0 unspecified atom stereocenters. The van der Waals surface area contributed by atoms with Crippen LogP contribution in [0.4, 0.5) is 5.69 Å². The number of aromatic nitrogens is 1. The van der Waals surface area contributed by atoms with E-state index < -0.39 is 10.9 Å². The molecule has 3 aromatic carbocycles. The van der Waals surface area contributed by atoms with E-state index in [1.807, 2.05) is 35.0 Å². The molecular formula is C25H22BrN3O5. The van der Waals surface area contributed by atoms with Crippen molar-refractivity contribution in [3.63, 3.8) is 0 Å². The normalized spacial score (nSPS) is 11.0. The Hall–Kier alpha value is -3.69. The molecule has 4 aromatic rings. The molecule has 1 heterocycles. The van der Waals surface area contributed by atoms with Gasteiger partial charge in [-0.25, -0.2) is 4.79 Å². The van der Waals surface area contributed by atoms with Crippen molar-refractivity contribution in [3.8, 4) is 5.75 Å². The van der Waals surface area contributed by atoms with Crippen molar-refractivity contribution in [2.24, 2.45) is 5.73 Å². The van der Waals surface area contributed by atoms with Crippen LogP contribution in [-0.4, -0.2) is 27.1 Å². The van der Waals surface area contributed by atoms with E-state index in [1.165, 1.54) is 12.1 Å². The molecule has 0 spiro atoms. The van der Waals surface area contributed by atoms with Crippen LogP contribution in [0.1, 0.15) is 27.0 Å². The Morgan fingerprint density at radius 2 is 1.94 bits per heavy atom. The number of carbonyl (C=O) groups is 1. The second-order valence-corrected chi connectivity index (χ2v) is 8.74. The fourth-order valence-corrected chi connectivity index (χ4v) is 4.28. The monoisotopic (exact) mass is 523 g/mol. The fraction of sp³-hybridized carbons (Fsp3) is 0.160. The molecule has 9 heteroatoms. The highest BCUT2D eigenvalue weighted by Crippen LogP contribution is 2.29. The Labute approximate surface area is 203 Å². The van der Waals surface area contributed by atoms with E-state index in [1.54, 1.807) is 24.3 Å². The molecule has 0 bridgehead atoms. The van der Waals surface area contributed by atoms with E-state index in [0.29, 0.717) is 40.9 Å². The van der Waals surface area contributed by atoms with Gasteiger partial charge in [-0.05, 0) is 60.0 Å². The van der Waals surface area contributed by atoms with Gasteiger partial charge in [0.1, 0.15) is 12.4 Å². The standard InChI is InChI=1S/C25H22BrN3O5/c26-19-5-4-17(23(11-19)25(30)31)13-28-14-18(8-9-27)22-12-21(6-7-24(22)28)34-15-16-2-1-3-20(10-16)29(32)33/h1-7,10-12,14H,8-9,13,15,27H2,(H,30,31). The third-order valence-electron chi connectivity index (χ3n) is 5.52. The maximum atomic E-state index is 11.7. The van der Waals surface area contributed by atoms with E-state index >= 15 is 0 Å². The molecule has 1 aromatic heterocycles. The SMILES string of the molecule is NCCc1cn(Cc2ccc(Br)cc2C(=O)O)c2ccc(OCc3cccc([N+](=O)[O-])c3)cc12. The molecule has 0 fully saturated rings. The minimum absolute atomic E-state index is 0.0209. The van der Waals surface area contributed by atoms with E-state index in [0.717, 1.165) is 16.5 Å². The second-order valence-electron chi connectivity index (χ2n) is 7.82. The Balaban J connectivity index is 1.63. The van der Waals surface area contributed by atoms with Crippen LogP contribution in [0.15, 0.2) is 71.3 Å². The zero-order valence-electron chi connectivity index (χ0n) is 18.1. The molecule has 0 aliphatic heterocycles. The molecule has 0 saturated carbocycles. The second kappa shape index (κ2) is 10.1. The fourth-order valence-electron chi connectivity index (χ4n) is 3.92. The smallest absolute Gasteiger partial charge is 0.336 e. The molecule has 34 heavy (non-hydrogen) atoms. The van der Waals surface area contributed by atoms with Crippen LogP contribution < -0.4 is 10.5 Å². The van der Waals surface area contributed by atoms with Crippen LogP contribution in [0.3, 0.4) is 0 Å². The largest absolute Gasteiger partial charge is 0.489 e. The van der Waals surface area contributed by atoms with Crippen LogP contribution in [-0.2, 0) is 19.6 Å². The van der Waals surface area contributed by atoms with Crippen LogP contribution in [0.25, 0.3) is 10.9 Å². The van der Waals surface area contributed by atoms with Gasteiger partial charge in [-0.2, -0.15) is 0 Å². The van der Waals surface area contributed by atoms with Crippen molar-refractivity contribution in [1.29, 1.82) is 0 Å². The first-order valence-corrected chi connectivity index (χ1v) is 11.3.